The van der Waals surface area contributed by atoms with Crippen molar-refractivity contribution in [3.8, 4) is 10.6 Å². The molecule has 0 spiro atoms. The lowest BCUT2D eigenvalue weighted by atomic mass is 10.1. The Labute approximate surface area is 147 Å². The first-order valence-electron chi connectivity index (χ1n) is 6.91. The zero-order valence-electron chi connectivity index (χ0n) is 12.8. The van der Waals surface area contributed by atoms with Gasteiger partial charge in [0.2, 0.25) is 5.91 Å². The molecular weight excluding hydrogens is 363 g/mol. The summed E-state index contributed by atoms with van der Waals surface area (Å²) in [5.41, 5.74) is 5.98. The molecule has 1 amide bonds. The summed E-state index contributed by atoms with van der Waals surface area (Å²) in [6.07, 6.45) is -4.35. The highest BCUT2D eigenvalue weighted by Gasteiger charge is 2.30. The van der Waals surface area contributed by atoms with Crippen LogP contribution in [0.2, 0.25) is 0 Å². The minimum atomic E-state index is -4.35. The van der Waals surface area contributed by atoms with Gasteiger partial charge in [-0.25, -0.2) is 4.98 Å². The average Bonchev–Trinajstić information content (AvgIpc) is 3.00. The van der Waals surface area contributed by atoms with Crippen LogP contribution in [-0.2, 0) is 17.5 Å². The van der Waals surface area contributed by atoms with Crippen molar-refractivity contribution in [3.63, 3.8) is 0 Å². The largest absolute Gasteiger partial charge is 0.416 e. The van der Waals surface area contributed by atoms with Gasteiger partial charge in [-0.3, -0.25) is 4.79 Å². The summed E-state index contributed by atoms with van der Waals surface area (Å²) in [4.78, 5) is 16.0. The Morgan fingerprint density at radius 2 is 1.96 bits per heavy atom. The Hall–Kier alpha value is -1.64. The predicted octanol–water partition coefficient (Wildman–Crippen LogP) is 3.46. The van der Waals surface area contributed by atoms with Crippen LogP contribution >= 0.6 is 23.7 Å². The molecule has 1 aromatic carbocycles. The number of carbonyl (C=O) groups is 1. The molecule has 0 radical (unpaired) electrons. The third-order valence-electron chi connectivity index (χ3n) is 3.26. The second-order valence-corrected chi connectivity index (χ2v) is 5.93. The lowest BCUT2D eigenvalue weighted by Crippen LogP contribution is -2.32. The van der Waals surface area contributed by atoms with Gasteiger partial charge in [-0.15, -0.1) is 23.7 Å². The van der Waals surface area contributed by atoms with Crippen LogP contribution in [0, 0.1) is 5.92 Å². The molecule has 3 N–H and O–H groups in total. The van der Waals surface area contributed by atoms with Crippen LogP contribution < -0.4 is 11.1 Å². The maximum absolute atomic E-state index is 12.5. The van der Waals surface area contributed by atoms with E-state index in [4.69, 9.17) is 5.73 Å². The Bertz CT molecular complexity index is 673. The number of hydrogen-bond donors (Lipinski definition) is 2. The topological polar surface area (TPSA) is 68.0 Å². The number of thiazole rings is 1. The van der Waals surface area contributed by atoms with Crippen LogP contribution in [0.15, 0.2) is 29.6 Å². The summed E-state index contributed by atoms with van der Waals surface area (Å²) < 4.78 is 37.6. The number of carbonyl (C=O) groups excluding carboxylic acids is 1. The number of nitrogens with zero attached hydrogens (tertiary/aromatic N) is 1. The number of benzene rings is 1. The molecule has 2 aromatic rings. The van der Waals surface area contributed by atoms with Crippen molar-refractivity contribution in [2.75, 3.05) is 6.54 Å². The summed E-state index contributed by atoms with van der Waals surface area (Å²) in [7, 11) is 0. The van der Waals surface area contributed by atoms with Crippen LogP contribution in [0.5, 0.6) is 0 Å². The van der Waals surface area contributed by atoms with E-state index >= 15 is 0 Å². The van der Waals surface area contributed by atoms with E-state index in [1.807, 2.05) is 0 Å². The molecule has 0 aliphatic carbocycles. The van der Waals surface area contributed by atoms with Gasteiger partial charge in [0.1, 0.15) is 5.01 Å². The molecular formula is C15H17ClF3N3OS. The zero-order chi connectivity index (χ0) is 17.0. The third-order valence-corrected chi connectivity index (χ3v) is 4.20. The van der Waals surface area contributed by atoms with Crippen molar-refractivity contribution >= 4 is 29.7 Å². The van der Waals surface area contributed by atoms with Gasteiger partial charge in [0.15, 0.2) is 0 Å². The zero-order valence-corrected chi connectivity index (χ0v) is 14.4. The van der Waals surface area contributed by atoms with E-state index in [0.29, 0.717) is 16.3 Å². The van der Waals surface area contributed by atoms with Crippen molar-refractivity contribution in [2.24, 2.45) is 11.7 Å². The fraction of sp³-hybridized carbons (Fsp3) is 0.333. The molecule has 2 rings (SSSR count). The molecule has 0 saturated heterocycles. The fourth-order valence-corrected chi connectivity index (χ4v) is 2.61. The molecule has 9 heteroatoms. The molecule has 0 aliphatic heterocycles. The molecule has 132 valence electrons. The summed E-state index contributed by atoms with van der Waals surface area (Å²) >= 11 is 1.31. The smallest absolute Gasteiger partial charge is 0.350 e. The third kappa shape index (κ3) is 5.19. The molecule has 0 saturated carbocycles. The standard InChI is InChI=1S/C15H16F3N3OS.ClH/c1-9(6-19)13(22)20-7-12-8-23-14(21-12)10-2-4-11(5-3-10)15(16,17)18;/h2-5,8-9H,6-7,19H2,1H3,(H,20,22);1H. The number of aromatic nitrogens is 1. The summed E-state index contributed by atoms with van der Waals surface area (Å²) in [5.74, 6) is -0.431. The average molecular weight is 380 g/mol. The van der Waals surface area contributed by atoms with Crippen molar-refractivity contribution in [1.29, 1.82) is 0 Å². The van der Waals surface area contributed by atoms with Crippen LogP contribution in [0.3, 0.4) is 0 Å². The van der Waals surface area contributed by atoms with E-state index in [-0.39, 0.29) is 37.3 Å². The van der Waals surface area contributed by atoms with Crippen molar-refractivity contribution in [1.82, 2.24) is 10.3 Å². The second kappa shape index (κ2) is 8.46. The molecule has 0 bridgehead atoms. The Kier molecular flexibility index (Phi) is 7.19. The predicted molar refractivity (Wildman–Crippen MR) is 89.9 cm³/mol. The molecule has 1 atom stereocenters. The maximum Gasteiger partial charge on any atom is 0.416 e. The SMILES string of the molecule is CC(CN)C(=O)NCc1csc(-c2ccc(C(F)(F)F)cc2)n1.Cl. The van der Waals surface area contributed by atoms with Crippen molar-refractivity contribution < 1.29 is 18.0 Å². The Morgan fingerprint density at radius 1 is 1.33 bits per heavy atom. The van der Waals surface area contributed by atoms with E-state index in [9.17, 15) is 18.0 Å². The molecule has 0 fully saturated rings. The normalized spacial score (nSPS) is 12.4. The number of nitrogens with one attached hydrogen (secondary N) is 1. The van der Waals surface area contributed by atoms with Gasteiger partial charge in [-0.05, 0) is 12.1 Å². The quantitative estimate of drug-likeness (QED) is 0.836. The number of halogens is 4. The first-order chi connectivity index (χ1) is 10.8. The van der Waals surface area contributed by atoms with Gasteiger partial charge in [0.05, 0.1) is 17.8 Å². The highest BCUT2D eigenvalue weighted by atomic mass is 35.5. The number of alkyl halides is 3. The van der Waals surface area contributed by atoms with Gasteiger partial charge >= 0.3 is 6.18 Å². The maximum atomic E-state index is 12.5. The molecule has 1 unspecified atom stereocenters. The monoisotopic (exact) mass is 379 g/mol. The Morgan fingerprint density at radius 3 is 2.50 bits per heavy atom. The van der Waals surface area contributed by atoms with E-state index in [0.717, 1.165) is 12.1 Å². The first-order valence-corrected chi connectivity index (χ1v) is 7.79. The minimum Gasteiger partial charge on any atom is -0.350 e. The summed E-state index contributed by atoms with van der Waals surface area (Å²) in [5, 5.41) is 5.09. The number of amides is 1. The first kappa shape index (κ1) is 20.4. The summed E-state index contributed by atoms with van der Waals surface area (Å²) in [6, 6.07) is 4.84. The van der Waals surface area contributed by atoms with Gasteiger partial charge in [0, 0.05) is 23.4 Å². The van der Waals surface area contributed by atoms with Crippen LogP contribution in [0.4, 0.5) is 13.2 Å². The molecule has 1 aromatic heterocycles. The lowest BCUT2D eigenvalue weighted by Gasteiger charge is -2.08. The number of nitrogens with two attached hydrogens (primary N) is 1. The van der Waals surface area contributed by atoms with E-state index in [1.54, 1.807) is 12.3 Å². The van der Waals surface area contributed by atoms with Crippen LogP contribution in [0.1, 0.15) is 18.2 Å². The fourth-order valence-electron chi connectivity index (χ4n) is 1.78. The second-order valence-electron chi connectivity index (χ2n) is 5.07. The highest BCUT2D eigenvalue weighted by Crippen LogP contribution is 2.31. The lowest BCUT2D eigenvalue weighted by molar-refractivity contribution is -0.137. The van der Waals surface area contributed by atoms with E-state index in [2.05, 4.69) is 10.3 Å². The van der Waals surface area contributed by atoms with Crippen molar-refractivity contribution in [2.45, 2.75) is 19.6 Å². The summed E-state index contributed by atoms with van der Waals surface area (Å²) in [6.45, 7) is 2.25. The number of hydrogen-bond acceptors (Lipinski definition) is 4. The van der Waals surface area contributed by atoms with Crippen LogP contribution in [0.25, 0.3) is 10.6 Å². The van der Waals surface area contributed by atoms with Crippen LogP contribution in [-0.4, -0.2) is 17.4 Å². The van der Waals surface area contributed by atoms with Gasteiger partial charge in [-0.1, -0.05) is 19.1 Å². The van der Waals surface area contributed by atoms with Gasteiger partial charge < -0.3 is 11.1 Å². The molecule has 24 heavy (non-hydrogen) atoms. The Balaban J connectivity index is 0.00000288. The molecule has 0 aliphatic rings. The molecule has 1 heterocycles. The highest BCUT2D eigenvalue weighted by molar-refractivity contribution is 7.13. The van der Waals surface area contributed by atoms with Gasteiger partial charge in [-0.2, -0.15) is 13.2 Å². The molecule has 4 nitrogen and oxygen atoms in total. The van der Waals surface area contributed by atoms with Crippen molar-refractivity contribution in [3.05, 3.63) is 40.9 Å². The van der Waals surface area contributed by atoms with Gasteiger partial charge in [0.25, 0.3) is 0 Å². The minimum absolute atomic E-state index is 0. The van der Waals surface area contributed by atoms with E-state index in [1.165, 1.54) is 23.5 Å². The van der Waals surface area contributed by atoms with E-state index < -0.39 is 11.7 Å². The number of rotatable bonds is 5.